The smallest absolute Gasteiger partial charge is 0.292 e. The molecular formula is C23H26N4O4S. The van der Waals surface area contributed by atoms with Crippen molar-refractivity contribution in [2.75, 3.05) is 13.1 Å². The zero-order valence-corrected chi connectivity index (χ0v) is 19.3. The molecule has 0 aliphatic carbocycles. The van der Waals surface area contributed by atoms with E-state index in [2.05, 4.69) is 15.1 Å². The van der Waals surface area contributed by atoms with Gasteiger partial charge in [0.2, 0.25) is 10.0 Å². The number of carbonyl (C=O) groups is 2. The second kappa shape index (κ2) is 9.46. The molecule has 2 aromatic carbocycles. The third-order valence-electron chi connectivity index (χ3n) is 5.06. The largest absolute Gasteiger partial charge is 0.348 e. The van der Waals surface area contributed by atoms with E-state index in [9.17, 15) is 18.0 Å². The number of nitrogens with zero attached hydrogens (tertiary/aromatic N) is 2. The van der Waals surface area contributed by atoms with Crippen LogP contribution in [0, 0.1) is 27.7 Å². The number of aryl methyl sites for hydroxylation is 3. The Bertz CT molecular complexity index is 1260. The van der Waals surface area contributed by atoms with E-state index in [1.165, 1.54) is 0 Å². The average Bonchev–Trinajstić information content (AvgIpc) is 3.06. The summed E-state index contributed by atoms with van der Waals surface area (Å²) in [6.45, 7) is 6.86. The molecule has 0 aliphatic rings. The highest BCUT2D eigenvalue weighted by Gasteiger charge is 2.25. The summed E-state index contributed by atoms with van der Waals surface area (Å²) in [7, 11) is -3.72. The monoisotopic (exact) mass is 454 g/mol. The molecule has 0 saturated carbocycles. The number of hydrogen-bond donors (Lipinski definition) is 2. The first-order valence-electron chi connectivity index (χ1n) is 10.1. The second-order valence-electron chi connectivity index (χ2n) is 7.54. The quantitative estimate of drug-likeness (QED) is 0.309. The first kappa shape index (κ1) is 23.4. The average molecular weight is 455 g/mol. The molecule has 0 unspecified atom stereocenters. The molecule has 0 fully saturated rings. The van der Waals surface area contributed by atoms with Crippen molar-refractivity contribution < 1.29 is 18.0 Å². The lowest BCUT2D eigenvalue weighted by Gasteiger charge is -2.10. The first-order chi connectivity index (χ1) is 15.1. The number of benzene rings is 2. The minimum absolute atomic E-state index is 0.0282. The van der Waals surface area contributed by atoms with Crippen LogP contribution in [0.5, 0.6) is 0 Å². The fraction of sp³-hybridized carbons (Fsp3) is 0.261. The molecular weight excluding hydrogens is 428 g/mol. The van der Waals surface area contributed by atoms with Crippen LogP contribution in [0.25, 0.3) is 5.69 Å². The summed E-state index contributed by atoms with van der Waals surface area (Å²) in [6.07, 6.45) is 0. The van der Waals surface area contributed by atoms with Crippen LogP contribution in [0.3, 0.4) is 0 Å². The van der Waals surface area contributed by atoms with E-state index < -0.39 is 21.7 Å². The van der Waals surface area contributed by atoms with Gasteiger partial charge < -0.3 is 5.32 Å². The summed E-state index contributed by atoms with van der Waals surface area (Å²) in [5, 5.41) is 6.87. The molecule has 0 spiro atoms. The standard InChI is InChI=1S/C23H26N4O4S/c1-15-10-11-16(2)20(14-15)32(30,31)25-13-12-24-23(29)22(28)21-17(3)26-27(18(21)4)19-8-6-5-7-9-19/h5-11,14,25H,12-13H2,1-4H3,(H,24,29). The van der Waals surface area contributed by atoms with Crippen LogP contribution >= 0.6 is 0 Å². The number of para-hydroxylation sites is 1. The minimum Gasteiger partial charge on any atom is -0.348 e. The number of nitrogens with one attached hydrogen (secondary N) is 2. The van der Waals surface area contributed by atoms with E-state index >= 15 is 0 Å². The summed E-state index contributed by atoms with van der Waals surface area (Å²) in [5.41, 5.74) is 3.49. The third-order valence-corrected chi connectivity index (χ3v) is 6.66. The lowest BCUT2D eigenvalue weighted by molar-refractivity contribution is -0.116. The predicted molar refractivity (Wildman–Crippen MR) is 121 cm³/mol. The van der Waals surface area contributed by atoms with Crippen molar-refractivity contribution in [2.45, 2.75) is 32.6 Å². The Morgan fingerprint density at radius 2 is 1.66 bits per heavy atom. The maximum Gasteiger partial charge on any atom is 0.292 e. The molecule has 0 bridgehead atoms. The Balaban J connectivity index is 1.63. The van der Waals surface area contributed by atoms with E-state index in [1.54, 1.807) is 37.6 Å². The van der Waals surface area contributed by atoms with Gasteiger partial charge in [0.25, 0.3) is 11.7 Å². The summed E-state index contributed by atoms with van der Waals surface area (Å²) in [5.74, 6) is -1.52. The number of Topliss-reactive ketones (excluding diaryl/α,β-unsaturated/α-hetero) is 1. The van der Waals surface area contributed by atoms with E-state index in [0.717, 1.165) is 11.3 Å². The van der Waals surface area contributed by atoms with Crippen LogP contribution in [0.15, 0.2) is 53.4 Å². The van der Waals surface area contributed by atoms with E-state index in [4.69, 9.17) is 0 Å². The Morgan fingerprint density at radius 3 is 2.34 bits per heavy atom. The van der Waals surface area contributed by atoms with Crippen LogP contribution < -0.4 is 10.0 Å². The van der Waals surface area contributed by atoms with Crippen LogP contribution in [0.4, 0.5) is 0 Å². The molecule has 32 heavy (non-hydrogen) atoms. The maximum absolute atomic E-state index is 12.7. The van der Waals surface area contributed by atoms with Gasteiger partial charge >= 0.3 is 0 Å². The van der Waals surface area contributed by atoms with Crippen LogP contribution in [0.2, 0.25) is 0 Å². The predicted octanol–water partition coefficient (Wildman–Crippen LogP) is 2.38. The summed E-state index contributed by atoms with van der Waals surface area (Å²) in [4.78, 5) is 25.3. The van der Waals surface area contributed by atoms with Gasteiger partial charge in [-0.1, -0.05) is 30.3 Å². The van der Waals surface area contributed by atoms with Crippen LogP contribution in [0.1, 0.15) is 32.9 Å². The highest BCUT2D eigenvalue weighted by molar-refractivity contribution is 7.89. The summed E-state index contributed by atoms with van der Waals surface area (Å²) < 4.78 is 29.1. The van der Waals surface area contributed by atoms with Gasteiger partial charge in [-0.25, -0.2) is 17.8 Å². The second-order valence-corrected chi connectivity index (χ2v) is 9.28. The van der Waals surface area contributed by atoms with Crippen LogP contribution in [-0.2, 0) is 14.8 Å². The topological polar surface area (TPSA) is 110 Å². The fourth-order valence-electron chi connectivity index (χ4n) is 3.42. The number of ketones is 1. The normalized spacial score (nSPS) is 11.4. The van der Waals surface area contributed by atoms with Crippen LogP contribution in [-0.4, -0.2) is 43.0 Å². The number of rotatable bonds is 8. The van der Waals surface area contributed by atoms with Crippen molar-refractivity contribution in [3.8, 4) is 5.69 Å². The van der Waals surface area contributed by atoms with Gasteiger partial charge in [-0.05, 0) is 57.0 Å². The first-order valence-corrected chi connectivity index (χ1v) is 11.6. The van der Waals surface area contributed by atoms with Gasteiger partial charge in [-0.3, -0.25) is 9.59 Å². The lowest BCUT2D eigenvalue weighted by Crippen LogP contribution is -2.38. The Hall–Kier alpha value is -3.30. The van der Waals surface area contributed by atoms with Gasteiger partial charge in [0, 0.05) is 13.1 Å². The van der Waals surface area contributed by atoms with Gasteiger partial charge in [0.15, 0.2) is 0 Å². The van der Waals surface area contributed by atoms with Crippen molar-refractivity contribution in [1.82, 2.24) is 19.8 Å². The van der Waals surface area contributed by atoms with E-state index in [1.807, 2.05) is 43.3 Å². The van der Waals surface area contributed by atoms with Crippen molar-refractivity contribution in [3.63, 3.8) is 0 Å². The number of amides is 1. The highest BCUT2D eigenvalue weighted by atomic mass is 32.2. The van der Waals surface area contributed by atoms with Crippen molar-refractivity contribution >= 4 is 21.7 Å². The molecule has 9 heteroatoms. The molecule has 8 nitrogen and oxygen atoms in total. The fourth-order valence-corrected chi connectivity index (χ4v) is 4.78. The Morgan fingerprint density at radius 1 is 0.969 bits per heavy atom. The highest BCUT2D eigenvalue weighted by Crippen LogP contribution is 2.19. The zero-order valence-electron chi connectivity index (χ0n) is 18.5. The molecule has 0 aliphatic heterocycles. The molecule has 0 saturated heterocycles. The minimum atomic E-state index is -3.72. The molecule has 168 valence electrons. The van der Waals surface area contributed by atoms with E-state index in [-0.39, 0.29) is 23.5 Å². The third kappa shape index (κ3) is 4.95. The molecule has 1 heterocycles. The zero-order chi connectivity index (χ0) is 23.5. The van der Waals surface area contributed by atoms with Crippen molar-refractivity contribution in [1.29, 1.82) is 0 Å². The molecule has 2 N–H and O–H groups in total. The summed E-state index contributed by atoms with van der Waals surface area (Å²) in [6, 6.07) is 14.5. The van der Waals surface area contributed by atoms with Gasteiger partial charge in [0.05, 0.1) is 27.5 Å². The maximum atomic E-state index is 12.7. The molecule has 0 atom stereocenters. The molecule has 1 amide bonds. The lowest BCUT2D eigenvalue weighted by atomic mass is 10.1. The van der Waals surface area contributed by atoms with Crippen molar-refractivity contribution in [3.05, 3.63) is 76.6 Å². The molecule has 3 aromatic rings. The Labute approximate surface area is 187 Å². The van der Waals surface area contributed by atoms with Crippen molar-refractivity contribution in [2.24, 2.45) is 0 Å². The van der Waals surface area contributed by atoms with E-state index in [0.29, 0.717) is 17.0 Å². The number of hydrogen-bond acceptors (Lipinski definition) is 5. The number of sulfonamides is 1. The number of aromatic nitrogens is 2. The van der Waals surface area contributed by atoms with Gasteiger partial charge in [-0.2, -0.15) is 5.10 Å². The number of carbonyl (C=O) groups excluding carboxylic acids is 2. The molecule has 0 radical (unpaired) electrons. The van der Waals surface area contributed by atoms with Gasteiger partial charge in [-0.15, -0.1) is 0 Å². The Kier molecular flexibility index (Phi) is 6.90. The van der Waals surface area contributed by atoms with Gasteiger partial charge in [0.1, 0.15) is 0 Å². The molecule has 1 aromatic heterocycles. The molecule has 3 rings (SSSR count). The SMILES string of the molecule is Cc1ccc(C)c(S(=O)(=O)NCCNC(=O)C(=O)c2c(C)nn(-c3ccccc3)c2C)c1. The summed E-state index contributed by atoms with van der Waals surface area (Å²) >= 11 is 0.